The van der Waals surface area contributed by atoms with Crippen LogP contribution in [0.5, 0.6) is 0 Å². The molecule has 0 N–H and O–H groups in total. The monoisotopic (exact) mass is 407 g/mol. The molecule has 4 nitrogen and oxygen atoms in total. The number of thiazole rings is 1. The van der Waals surface area contributed by atoms with Gasteiger partial charge in [0.2, 0.25) is 0 Å². The quantitative estimate of drug-likeness (QED) is 0.316. The van der Waals surface area contributed by atoms with Crippen LogP contribution >= 0.6 is 23.1 Å². The molecule has 0 bridgehead atoms. The zero-order valence-corrected chi connectivity index (χ0v) is 17.3. The van der Waals surface area contributed by atoms with E-state index in [1.165, 1.54) is 5.56 Å². The molecule has 6 heteroatoms. The van der Waals surface area contributed by atoms with E-state index in [1.54, 1.807) is 23.1 Å². The number of benzene rings is 2. The third-order valence-corrected chi connectivity index (χ3v) is 6.36. The fraction of sp³-hybridized carbons (Fsp3) is 0.227. The average Bonchev–Trinajstić information content (AvgIpc) is 3.14. The number of hydrogen-bond donors (Lipinski definition) is 0. The summed E-state index contributed by atoms with van der Waals surface area (Å²) in [6.45, 7) is 2.66. The number of aryl methyl sites for hydroxylation is 2. The lowest BCUT2D eigenvalue weighted by atomic mass is 10.1. The van der Waals surface area contributed by atoms with Crippen LogP contribution in [0.2, 0.25) is 0 Å². The Bertz CT molecular complexity index is 1140. The summed E-state index contributed by atoms with van der Waals surface area (Å²) in [5.74, 6) is 0.716. The summed E-state index contributed by atoms with van der Waals surface area (Å²) in [5, 5.41) is 4.57. The Morgan fingerprint density at radius 3 is 2.61 bits per heavy atom. The van der Waals surface area contributed by atoms with Gasteiger partial charge in [0.1, 0.15) is 0 Å². The molecule has 0 atom stereocenters. The molecular weight excluding hydrogens is 386 g/mol. The van der Waals surface area contributed by atoms with Gasteiger partial charge >= 0.3 is 0 Å². The predicted octanol–water partition coefficient (Wildman–Crippen LogP) is 5.09. The SMILES string of the molecule is Cc1nc(CSc2nc3ccccc3c(=O)n2CCCc2ccccc2)cs1. The van der Waals surface area contributed by atoms with Crippen molar-refractivity contribution in [1.82, 2.24) is 14.5 Å². The van der Waals surface area contributed by atoms with Gasteiger partial charge in [-0.3, -0.25) is 9.36 Å². The molecule has 0 aliphatic heterocycles. The number of aromatic nitrogens is 3. The number of fused-ring (bicyclic) bond motifs is 1. The van der Waals surface area contributed by atoms with Crippen LogP contribution in [0.3, 0.4) is 0 Å². The second-order valence-electron chi connectivity index (χ2n) is 6.60. The van der Waals surface area contributed by atoms with E-state index in [1.807, 2.05) is 41.8 Å². The highest BCUT2D eigenvalue weighted by Gasteiger charge is 2.12. The lowest BCUT2D eigenvalue weighted by Gasteiger charge is -2.13. The molecule has 0 spiro atoms. The fourth-order valence-electron chi connectivity index (χ4n) is 3.15. The molecule has 0 saturated carbocycles. The van der Waals surface area contributed by atoms with E-state index in [2.05, 4.69) is 34.6 Å². The Labute approximate surface area is 172 Å². The summed E-state index contributed by atoms with van der Waals surface area (Å²) in [6.07, 6.45) is 1.84. The Balaban J connectivity index is 1.59. The second-order valence-corrected chi connectivity index (χ2v) is 8.61. The molecular formula is C22H21N3OS2. The predicted molar refractivity (Wildman–Crippen MR) is 117 cm³/mol. The zero-order chi connectivity index (χ0) is 19.3. The van der Waals surface area contributed by atoms with Crippen molar-refractivity contribution in [2.75, 3.05) is 0 Å². The number of hydrogen-bond acceptors (Lipinski definition) is 5. The number of para-hydroxylation sites is 1. The summed E-state index contributed by atoms with van der Waals surface area (Å²) < 4.78 is 1.83. The first-order valence-corrected chi connectivity index (χ1v) is 11.1. The van der Waals surface area contributed by atoms with Gasteiger partial charge in [0.05, 0.1) is 21.6 Å². The second kappa shape index (κ2) is 8.71. The molecule has 142 valence electrons. The van der Waals surface area contributed by atoms with Crippen LogP contribution in [0.1, 0.15) is 22.7 Å². The van der Waals surface area contributed by atoms with Crippen LogP contribution in [-0.2, 0) is 18.7 Å². The summed E-state index contributed by atoms with van der Waals surface area (Å²) in [6, 6.07) is 18.0. The van der Waals surface area contributed by atoms with Gasteiger partial charge in [-0.05, 0) is 37.5 Å². The highest BCUT2D eigenvalue weighted by Crippen LogP contribution is 2.23. The highest BCUT2D eigenvalue weighted by atomic mass is 32.2. The zero-order valence-electron chi connectivity index (χ0n) is 15.7. The number of nitrogens with zero attached hydrogens (tertiary/aromatic N) is 3. The first kappa shape index (κ1) is 18.9. The van der Waals surface area contributed by atoms with Gasteiger partial charge in [0.25, 0.3) is 5.56 Å². The third kappa shape index (κ3) is 4.34. The number of thioether (sulfide) groups is 1. The van der Waals surface area contributed by atoms with Crippen molar-refractivity contribution in [2.24, 2.45) is 0 Å². The first-order chi connectivity index (χ1) is 13.7. The van der Waals surface area contributed by atoms with Gasteiger partial charge in [0, 0.05) is 17.7 Å². The van der Waals surface area contributed by atoms with Crippen molar-refractivity contribution in [3.63, 3.8) is 0 Å². The minimum absolute atomic E-state index is 0.0376. The molecule has 0 fully saturated rings. The maximum atomic E-state index is 13.1. The van der Waals surface area contributed by atoms with Crippen molar-refractivity contribution in [2.45, 2.75) is 37.2 Å². The Hall–Kier alpha value is -2.44. The average molecular weight is 408 g/mol. The van der Waals surface area contributed by atoms with Gasteiger partial charge in [0.15, 0.2) is 5.16 Å². The molecule has 0 saturated heterocycles. The molecule has 2 heterocycles. The smallest absolute Gasteiger partial charge is 0.262 e. The van der Waals surface area contributed by atoms with Crippen LogP contribution in [-0.4, -0.2) is 14.5 Å². The third-order valence-electron chi connectivity index (χ3n) is 4.53. The molecule has 0 unspecified atom stereocenters. The van der Waals surface area contributed by atoms with E-state index in [-0.39, 0.29) is 5.56 Å². The van der Waals surface area contributed by atoms with Gasteiger partial charge in [-0.25, -0.2) is 9.97 Å². The Kier molecular flexibility index (Phi) is 5.88. The molecule has 0 amide bonds. The van der Waals surface area contributed by atoms with Crippen LogP contribution in [0, 0.1) is 6.92 Å². The van der Waals surface area contributed by atoms with E-state index in [4.69, 9.17) is 4.98 Å². The van der Waals surface area contributed by atoms with Gasteiger partial charge < -0.3 is 0 Å². The number of rotatable bonds is 7. The van der Waals surface area contributed by atoms with E-state index >= 15 is 0 Å². The first-order valence-electron chi connectivity index (χ1n) is 9.28. The van der Waals surface area contributed by atoms with Crippen LogP contribution in [0.25, 0.3) is 10.9 Å². The minimum atomic E-state index is 0.0376. The lowest BCUT2D eigenvalue weighted by molar-refractivity contribution is 0.564. The van der Waals surface area contributed by atoms with Crippen LogP contribution < -0.4 is 5.56 Å². The van der Waals surface area contributed by atoms with Crippen LogP contribution in [0.15, 0.2) is 69.9 Å². The Morgan fingerprint density at radius 2 is 1.82 bits per heavy atom. The standard InChI is InChI=1S/C22H21N3OS2/c1-16-23-18(14-27-16)15-28-22-24-20-12-6-5-11-19(20)21(26)25(22)13-7-10-17-8-3-2-4-9-17/h2-6,8-9,11-12,14H,7,10,13,15H2,1H3. The maximum absolute atomic E-state index is 13.1. The van der Waals surface area contributed by atoms with Crippen molar-refractivity contribution < 1.29 is 0 Å². The molecule has 4 aromatic rings. The van der Waals surface area contributed by atoms with Gasteiger partial charge in [-0.15, -0.1) is 11.3 Å². The van der Waals surface area contributed by atoms with Gasteiger partial charge in [-0.1, -0.05) is 54.2 Å². The molecule has 28 heavy (non-hydrogen) atoms. The van der Waals surface area contributed by atoms with Crippen LogP contribution in [0.4, 0.5) is 0 Å². The van der Waals surface area contributed by atoms with Crippen molar-refractivity contribution in [1.29, 1.82) is 0 Å². The van der Waals surface area contributed by atoms with Gasteiger partial charge in [-0.2, -0.15) is 0 Å². The van der Waals surface area contributed by atoms with E-state index < -0.39 is 0 Å². The molecule has 2 aromatic heterocycles. The molecule has 0 aliphatic rings. The van der Waals surface area contributed by atoms with E-state index in [0.29, 0.717) is 17.7 Å². The lowest BCUT2D eigenvalue weighted by Crippen LogP contribution is -2.23. The van der Waals surface area contributed by atoms with Crippen molar-refractivity contribution >= 4 is 34.0 Å². The maximum Gasteiger partial charge on any atom is 0.262 e. The van der Waals surface area contributed by atoms with E-state index in [0.717, 1.165) is 34.2 Å². The van der Waals surface area contributed by atoms with E-state index in [9.17, 15) is 4.79 Å². The molecule has 0 radical (unpaired) electrons. The summed E-state index contributed by atoms with van der Waals surface area (Å²) in [4.78, 5) is 22.4. The summed E-state index contributed by atoms with van der Waals surface area (Å²) >= 11 is 3.23. The Morgan fingerprint density at radius 1 is 1.04 bits per heavy atom. The summed E-state index contributed by atoms with van der Waals surface area (Å²) in [5.41, 5.74) is 3.11. The fourth-order valence-corrected chi connectivity index (χ4v) is 4.79. The topological polar surface area (TPSA) is 47.8 Å². The molecule has 4 rings (SSSR count). The largest absolute Gasteiger partial charge is 0.287 e. The normalized spacial score (nSPS) is 11.2. The molecule has 0 aliphatic carbocycles. The summed E-state index contributed by atoms with van der Waals surface area (Å²) in [7, 11) is 0. The minimum Gasteiger partial charge on any atom is -0.287 e. The van der Waals surface area contributed by atoms with Crippen molar-refractivity contribution in [3.05, 3.63) is 86.6 Å². The van der Waals surface area contributed by atoms with Crippen molar-refractivity contribution in [3.8, 4) is 0 Å². The molecule has 2 aromatic carbocycles. The highest BCUT2D eigenvalue weighted by molar-refractivity contribution is 7.98.